The van der Waals surface area contributed by atoms with Crippen molar-refractivity contribution in [2.24, 2.45) is 5.14 Å². The van der Waals surface area contributed by atoms with Gasteiger partial charge in [0, 0.05) is 19.5 Å². The van der Waals surface area contributed by atoms with Crippen molar-refractivity contribution >= 4 is 16.0 Å². The van der Waals surface area contributed by atoms with Gasteiger partial charge in [-0.15, -0.1) is 0 Å². The fourth-order valence-electron chi connectivity index (χ4n) is 2.49. The third kappa shape index (κ3) is 3.45. The third-order valence-electron chi connectivity index (χ3n) is 3.73. The Labute approximate surface area is 129 Å². The van der Waals surface area contributed by atoms with E-state index in [2.05, 4.69) is 15.0 Å². The second-order valence-electron chi connectivity index (χ2n) is 5.37. The van der Waals surface area contributed by atoms with Gasteiger partial charge in [0.1, 0.15) is 0 Å². The Hall–Kier alpha value is -1.93. The van der Waals surface area contributed by atoms with E-state index in [9.17, 15) is 8.42 Å². The standard InChI is InChI=1S/C14H18N4O3S/c15-22(19,20)12-6-3-11(4-7-12)5-8-13-16-14(17-21-13)18-9-1-2-10-18/h3-4,6-7H,1-2,5,8-10H2,(H2,15,19,20). The molecule has 0 saturated carbocycles. The molecular formula is C14H18N4O3S. The molecule has 2 heterocycles. The van der Waals surface area contributed by atoms with Crippen LogP contribution in [0, 0.1) is 0 Å². The van der Waals surface area contributed by atoms with Crippen LogP contribution in [-0.2, 0) is 22.9 Å². The van der Waals surface area contributed by atoms with Crippen LogP contribution in [-0.4, -0.2) is 31.6 Å². The number of nitrogens with zero attached hydrogens (tertiary/aromatic N) is 3. The molecule has 0 bridgehead atoms. The van der Waals surface area contributed by atoms with Crippen molar-refractivity contribution in [3.63, 3.8) is 0 Å². The molecule has 7 nitrogen and oxygen atoms in total. The first-order valence-corrected chi connectivity index (χ1v) is 8.76. The largest absolute Gasteiger partial charge is 0.338 e. The highest BCUT2D eigenvalue weighted by Gasteiger charge is 2.17. The summed E-state index contributed by atoms with van der Waals surface area (Å²) in [6, 6.07) is 6.51. The second-order valence-corrected chi connectivity index (χ2v) is 6.93. The van der Waals surface area contributed by atoms with Crippen molar-refractivity contribution in [3.8, 4) is 0 Å². The quantitative estimate of drug-likeness (QED) is 0.884. The van der Waals surface area contributed by atoms with E-state index >= 15 is 0 Å². The minimum absolute atomic E-state index is 0.116. The van der Waals surface area contributed by atoms with E-state index in [0.717, 1.165) is 18.7 Å². The van der Waals surface area contributed by atoms with Crippen molar-refractivity contribution in [1.29, 1.82) is 0 Å². The summed E-state index contributed by atoms with van der Waals surface area (Å²) in [5.41, 5.74) is 0.994. The summed E-state index contributed by atoms with van der Waals surface area (Å²) in [5, 5.41) is 9.07. The minimum atomic E-state index is -3.64. The number of nitrogens with two attached hydrogens (primary N) is 1. The van der Waals surface area contributed by atoms with Crippen LogP contribution in [0.3, 0.4) is 0 Å². The number of aryl methyl sites for hydroxylation is 2. The zero-order valence-electron chi connectivity index (χ0n) is 12.1. The van der Waals surface area contributed by atoms with Gasteiger partial charge < -0.3 is 9.42 Å². The third-order valence-corrected chi connectivity index (χ3v) is 4.65. The molecule has 1 aromatic heterocycles. The van der Waals surface area contributed by atoms with Crippen LogP contribution in [0.25, 0.3) is 0 Å². The normalized spacial score (nSPS) is 15.4. The summed E-state index contributed by atoms with van der Waals surface area (Å²) >= 11 is 0. The molecule has 8 heteroatoms. The summed E-state index contributed by atoms with van der Waals surface area (Å²) in [4.78, 5) is 6.63. The number of hydrogen-bond donors (Lipinski definition) is 1. The van der Waals surface area contributed by atoms with E-state index < -0.39 is 10.0 Å². The molecule has 2 aromatic rings. The Balaban J connectivity index is 1.60. The summed E-state index contributed by atoms with van der Waals surface area (Å²) < 4.78 is 27.6. The Morgan fingerprint density at radius 3 is 2.45 bits per heavy atom. The lowest BCUT2D eigenvalue weighted by atomic mass is 10.1. The van der Waals surface area contributed by atoms with Gasteiger partial charge in [0.05, 0.1) is 4.90 Å². The van der Waals surface area contributed by atoms with Crippen LogP contribution in [0.4, 0.5) is 5.95 Å². The average Bonchev–Trinajstić information content (AvgIpc) is 3.15. The summed E-state index contributed by atoms with van der Waals surface area (Å²) in [6.07, 6.45) is 3.66. The summed E-state index contributed by atoms with van der Waals surface area (Å²) in [7, 11) is -3.64. The number of aromatic nitrogens is 2. The lowest BCUT2D eigenvalue weighted by Gasteiger charge is -2.09. The number of primary sulfonamides is 1. The predicted octanol–water partition coefficient (Wildman–Crippen LogP) is 1.10. The molecule has 0 aliphatic carbocycles. The molecule has 0 amide bonds. The Morgan fingerprint density at radius 1 is 1.14 bits per heavy atom. The van der Waals surface area contributed by atoms with Gasteiger partial charge in [-0.25, -0.2) is 13.6 Å². The van der Waals surface area contributed by atoms with Crippen LogP contribution in [0.15, 0.2) is 33.7 Å². The van der Waals surface area contributed by atoms with Crippen molar-refractivity contribution in [2.45, 2.75) is 30.6 Å². The zero-order chi connectivity index (χ0) is 15.6. The van der Waals surface area contributed by atoms with E-state index in [1.807, 2.05) is 0 Å². The molecule has 118 valence electrons. The Kier molecular flexibility index (Phi) is 4.12. The van der Waals surface area contributed by atoms with Crippen molar-refractivity contribution in [3.05, 3.63) is 35.7 Å². The van der Waals surface area contributed by atoms with Crippen molar-refractivity contribution in [2.75, 3.05) is 18.0 Å². The zero-order valence-corrected chi connectivity index (χ0v) is 12.9. The smallest absolute Gasteiger partial charge is 0.266 e. The van der Waals surface area contributed by atoms with Gasteiger partial charge in [-0.3, -0.25) is 0 Å². The van der Waals surface area contributed by atoms with E-state index in [0.29, 0.717) is 24.7 Å². The van der Waals surface area contributed by atoms with Gasteiger partial charge in [-0.05, 0) is 42.1 Å². The predicted molar refractivity (Wildman–Crippen MR) is 81.0 cm³/mol. The molecule has 1 fully saturated rings. The first-order valence-electron chi connectivity index (χ1n) is 7.22. The fourth-order valence-corrected chi connectivity index (χ4v) is 3.01. The molecule has 2 N–H and O–H groups in total. The van der Waals surface area contributed by atoms with Crippen LogP contribution in [0.1, 0.15) is 24.3 Å². The minimum Gasteiger partial charge on any atom is -0.338 e. The summed E-state index contributed by atoms with van der Waals surface area (Å²) in [5.74, 6) is 1.26. The Bertz CT molecular complexity index is 734. The first kappa shape index (κ1) is 15.0. The molecule has 0 atom stereocenters. The van der Waals surface area contributed by atoms with Crippen LogP contribution in [0.5, 0.6) is 0 Å². The van der Waals surface area contributed by atoms with Gasteiger partial charge in [-0.2, -0.15) is 4.98 Å². The molecule has 1 saturated heterocycles. The monoisotopic (exact) mass is 322 g/mol. The average molecular weight is 322 g/mol. The lowest BCUT2D eigenvalue weighted by molar-refractivity contribution is 0.377. The van der Waals surface area contributed by atoms with Gasteiger partial charge in [-0.1, -0.05) is 12.1 Å². The van der Waals surface area contributed by atoms with E-state index in [1.165, 1.54) is 25.0 Å². The lowest BCUT2D eigenvalue weighted by Crippen LogP contribution is -2.18. The second kappa shape index (κ2) is 6.05. The van der Waals surface area contributed by atoms with Crippen molar-refractivity contribution < 1.29 is 12.9 Å². The van der Waals surface area contributed by atoms with E-state index in [1.54, 1.807) is 12.1 Å². The Morgan fingerprint density at radius 2 is 1.82 bits per heavy atom. The number of anilines is 1. The highest BCUT2D eigenvalue weighted by atomic mass is 32.2. The molecular weight excluding hydrogens is 304 g/mol. The van der Waals surface area contributed by atoms with Gasteiger partial charge >= 0.3 is 0 Å². The maximum Gasteiger partial charge on any atom is 0.266 e. The molecule has 1 aromatic carbocycles. The van der Waals surface area contributed by atoms with E-state index in [-0.39, 0.29) is 4.90 Å². The number of benzene rings is 1. The molecule has 0 spiro atoms. The molecule has 3 rings (SSSR count). The van der Waals surface area contributed by atoms with Crippen LogP contribution in [0.2, 0.25) is 0 Å². The summed E-state index contributed by atoms with van der Waals surface area (Å²) in [6.45, 7) is 1.96. The van der Waals surface area contributed by atoms with Crippen LogP contribution >= 0.6 is 0 Å². The maximum atomic E-state index is 11.2. The topological polar surface area (TPSA) is 102 Å². The molecule has 1 aliphatic rings. The molecule has 22 heavy (non-hydrogen) atoms. The SMILES string of the molecule is NS(=O)(=O)c1ccc(CCc2nc(N3CCCC3)no2)cc1. The van der Waals surface area contributed by atoms with Gasteiger partial charge in [0.2, 0.25) is 15.9 Å². The van der Waals surface area contributed by atoms with Crippen LogP contribution < -0.4 is 10.0 Å². The molecule has 0 unspecified atom stereocenters. The van der Waals surface area contributed by atoms with Gasteiger partial charge in [0.15, 0.2) is 0 Å². The molecule has 0 radical (unpaired) electrons. The molecule has 1 aliphatic heterocycles. The van der Waals surface area contributed by atoms with E-state index in [4.69, 9.17) is 9.66 Å². The highest BCUT2D eigenvalue weighted by molar-refractivity contribution is 7.89. The van der Waals surface area contributed by atoms with Gasteiger partial charge in [0.25, 0.3) is 5.95 Å². The number of hydrogen-bond acceptors (Lipinski definition) is 6. The fraction of sp³-hybridized carbons (Fsp3) is 0.429. The first-order chi connectivity index (χ1) is 10.5. The number of sulfonamides is 1. The highest BCUT2D eigenvalue weighted by Crippen LogP contribution is 2.17. The number of rotatable bonds is 5. The maximum absolute atomic E-state index is 11.2. The van der Waals surface area contributed by atoms with Crippen molar-refractivity contribution in [1.82, 2.24) is 10.1 Å².